The maximum absolute atomic E-state index is 11.2. The second kappa shape index (κ2) is 4.72. The van der Waals surface area contributed by atoms with Crippen LogP contribution in [-0.2, 0) is 10.0 Å². The zero-order valence-corrected chi connectivity index (χ0v) is 10.0. The molecule has 1 rings (SSSR count). The van der Waals surface area contributed by atoms with Gasteiger partial charge in [-0.25, -0.2) is 12.7 Å². The van der Waals surface area contributed by atoms with Crippen molar-refractivity contribution in [2.45, 2.75) is 12.8 Å². The first-order chi connectivity index (χ1) is 6.91. The van der Waals surface area contributed by atoms with E-state index in [2.05, 4.69) is 4.98 Å². The molecule has 1 aromatic rings. The molecule has 5 heteroatoms. The number of hydrogen-bond donors (Lipinski definition) is 0. The van der Waals surface area contributed by atoms with Gasteiger partial charge in [-0.15, -0.1) is 0 Å². The van der Waals surface area contributed by atoms with Gasteiger partial charge in [-0.1, -0.05) is 6.92 Å². The molecule has 0 radical (unpaired) electrons. The lowest BCUT2D eigenvalue weighted by Gasteiger charge is -2.19. The van der Waals surface area contributed by atoms with Crippen molar-refractivity contribution >= 4 is 10.0 Å². The molecule has 15 heavy (non-hydrogen) atoms. The average Bonchev–Trinajstić information content (AvgIpc) is 2.17. The van der Waals surface area contributed by atoms with Crippen LogP contribution in [0.5, 0.6) is 0 Å². The summed E-state index contributed by atoms with van der Waals surface area (Å²) in [7, 11) is -1.50. The molecule has 0 N–H and O–H groups in total. The highest BCUT2D eigenvalue weighted by Gasteiger charge is 2.15. The third kappa shape index (κ3) is 3.60. The number of sulfonamides is 1. The van der Waals surface area contributed by atoms with Gasteiger partial charge in [0.25, 0.3) is 0 Å². The molecule has 0 aliphatic heterocycles. The molecular weight excluding hydrogens is 212 g/mol. The Labute approximate surface area is 91.0 Å². The molecule has 1 atom stereocenters. The topological polar surface area (TPSA) is 50.3 Å². The van der Waals surface area contributed by atoms with E-state index in [1.165, 1.54) is 10.6 Å². The van der Waals surface area contributed by atoms with Gasteiger partial charge in [0, 0.05) is 26.0 Å². The minimum absolute atomic E-state index is 0.174. The average molecular weight is 228 g/mol. The van der Waals surface area contributed by atoms with Crippen LogP contribution >= 0.6 is 0 Å². The Morgan fingerprint density at radius 3 is 2.40 bits per heavy atom. The predicted octanol–water partition coefficient (Wildman–Crippen LogP) is 1.08. The Hall–Kier alpha value is -0.940. The molecule has 1 unspecified atom stereocenters. The van der Waals surface area contributed by atoms with E-state index in [1.807, 2.05) is 19.1 Å². The van der Waals surface area contributed by atoms with Gasteiger partial charge in [0.15, 0.2) is 0 Å². The summed E-state index contributed by atoms with van der Waals surface area (Å²) in [4.78, 5) is 3.92. The minimum Gasteiger partial charge on any atom is -0.265 e. The summed E-state index contributed by atoms with van der Waals surface area (Å²) in [5.74, 6) is 0.174. The molecule has 0 bridgehead atoms. The summed E-state index contributed by atoms with van der Waals surface area (Å²) in [6.07, 6.45) is 4.64. The van der Waals surface area contributed by atoms with E-state index in [0.29, 0.717) is 6.54 Å². The maximum Gasteiger partial charge on any atom is 0.210 e. The number of likely N-dealkylation sites (N-methyl/N-ethyl adjacent to an activating group) is 1. The maximum atomic E-state index is 11.2. The lowest BCUT2D eigenvalue weighted by molar-refractivity contribution is 0.450. The molecule has 0 amide bonds. The van der Waals surface area contributed by atoms with E-state index in [-0.39, 0.29) is 5.92 Å². The van der Waals surface area contributed by atoms with Gasteiger partial charge in [0.2, 0.25) is 10.0 Å². The summed E-state index contributed by atoms with van der Waals surface area (Å²) in [6.45, 7) is 2.49. The fourth-order valence-corrected chi connectivity index (χ4v) is 1.81. The third-order valence-corrected chi connectivity index (χ3v) is 3.65. The zero-order chi connectivity index (χ0) is 11.5. The zero-order valence-electron chi connectivity index (χ0n) is 9.21. The van der Waals surface area contributed by atoms with E-state index in [9.17, 15) is 8.42 Å². The van der Waals surface area contributed by atoms with Crippen molar-refractivity contribution in [2.75, 3.05) is 19.8 Å². The van der Waals surface area contributed by atoms with Gasteiger partial charge in [-0.05, 0) is 23.6 Å². The molecule has 0 aromatic carbocycles. The first-order valence-corrected chi connectivity index (χ1v) is 6.57. The number of pyridine rings is 1. The molecule has 1 heterocycles. The molecule has 1 aromatic heterocycles. The second-order valence-electron chi connectivity index (χ2n) is 3.73. The van der Waals surface area contributed by atoms with Crippen LogP contribution in [0.3, 0.4) is 0 Å². The lowest BCUT2D eigenvalue weighted by atomic mass is 10.0. The molecule has 84 valence electrons. The Morgan fingerprint density at radius 1 is 1.40 bits per heavy atom. The number of aromatic nitrogens is 1. The summed E-state index contributed by atoms with van der Waals surface area (Å²) in [6, 6.07) is 3.81. The van der Waals surface area contributed by atoms with Crippen LogP contribution in [0.15, 0.2) is 24.5 Å². The normalized spacial score (nSPS) is 14.1. The van der Waals surface area contributed by atoms with Crippen LogP contribution in [0, 0.1) is 0 Å². The van der Waals surface area contributed by atoms with Crippen molar-refractivity contribution in [1.29, 1.82) is 0 Å². The van der Waals surface area contributed by atoms with Gasteiger partial charge in [-0.3, -0.25) is 4.98 Å². The highest BCUT2D eigenvalue weighted by molar-refractivity contribution is 7.88. The van der Waals surface area contributed by atoms with Crippen LogP contribution in [0.4, 0.5) is 0 Å². The van der Waals surface area contributed by atoms with Gasteiger partial charge in [-0.2, -0.15) is 0 Å². The van der Waals surface area contributed by atoms with Crippen molar-refractivity contribution in [1.82, 2.24) is 9.29 Å². The molecule has 0 fully saturated rings. The van der Waals surface area contributed by atoms with Gasteiger partial charge in [0.05, 0.1) is 6.26 Å². The Balaban J connectivity index is 2.69. The van der Waals surface area contributed by atoms with E-state index < -0.39 is 10.0 Å². The molecule has 0 aliphatic carbocycles. The number of hydrogen-bond acceptors (Lipinski definition) is 3. The highest BCUT2D eigenvalue weighted by Crippen LogP contribution is 2.15. The Kier molecular flexibility index (Phi) is 3.82. The first-order valence-electron chi connectivity index (χ1n) is 4.72. The molecule has 0 aliphatic rings. The molecule has 0 saturated heterocycles. The minimum atomic E-state index is -3.09. The first kappa shape index (κ1) is 12.1. The van der Waals surface area contributed by atoms with Crippen LogP contribution in [0.25, 0.3) is 0 Å². The monoisotopic (exact) mass is 228 g/mol. The summed E-state index contributed by atoms with van der Waals surface area (Å²) < 4.78 is 23.8. The van der Waals surface area contributed by atoms with E-state index in [0.717, 1.165) is 5.56 Å². The van der Waals surface area contributed by atoms with E-state index in [1.54, 1.807) is 19.4 Å². The summed E-state index contributed by atoms with van der Waals surface area (Å²) in [5, 5.41) is 0. The van der Waals surface area contributed by atoms with Crippen molar-refractivity contribution in [2.24, 2.45) is 0 Å². The highest BCUT2D eigenvalue weighted by atomic mass is 32.2. The molecular formula is C10H16N2O2S. The van der Waals surface area contributed by atoms with Crippen molar-refractivity contribution < 1.29 is 8.42 Å². The molecule has 0 saturated carbocycles. The van der Waals surface area contributed by atoms with Crippen molar-refractivity contribution in [3.63, 3.8) is 0 Å². The summed E-state index contributed by atoms with van der Waals surface area (Å²) in [5.41, 5.74) is 1.10. The quantitative estimate of drug-likeness (QED) is 0.774. The van der Waals surface area contributed by atoms with E-state index >= 15 is 0 Å². The fraction of sp³-hybridized carbons (Fsp3) is 0.500. The Morgan fingerprint density at radius 2 is 1.93 bits per heavy atom. The number of nitrogens with zero attached hydrogens (tertiary/aromatic N) is 2. The van der Waals surface area contributed by atoms with Gasteiger partial charge >= 0.3 is 0 Å². The lowest BCUT2D eigenvalue weighted by Crippen LogP contribution is -2.29. The third-order valence-electron chi connectivity index (χ3n) is 2.37. The SMILES string of the molecule is CC(CN(C)S(C)(=O)=O)c1ccncc1. The molecule has 4 nitrogen and oxygen atoms in total. The van der Waals surface area contributed by atoms with Crippen molar-refractivity contribution in [3.05, 3.63) is 30.1 Å². The summed E-state index contributed by atoms with van der Waals surface area (Å²) >= 11 is 0. The largest absolute Gasteiger partial charge is 0.265 e. The van der Waals surface area contributed by atoms with E-state index in [4.69, 9.17) is 0 Å². The fourth-order valence-electron chi connectivity index (χ4n) is 1.32. The van der Waals surface area contributed by atoms with Crippen LogP contribution in [0.2, 0.25) is 0 Å². The van der Waals surface area contributed by atoms with Crippen LogP contribution in [-0.4, -0.2) is 37.6 Å². The number of rotatable bonds is 4. The second-order valence-corrected chi connectivity index (χ2v) is 5.81. The van der Waals surface area contributed by atoms with Crippen LogP contribution < -0.4 is 0 Å². The van der Waals surface area contributed by atoms with Crippen LogP contribution in [0.1, 0.15) is 18.4 Å². The standard InChI is InChI=1S/C10H16N2O2S/c1-9(8-12(2)15(3,13)14)10-4-6-11-7-5-10/h4-7,9H,8H2,1-3H3. The predicted molar refractivity (Wildman–Crippen MR) is 60.1 cm³/mol. The smallest absolute Gasteiger partial charge is 0.210 e. The molecule has 0 spiro atoms. The van der Waals surface area contributed by atoms with Gasteiger partial charge < -0.3 is 0 Å². The Bertz CT molecular complexity index is 403. The van der Waals surface area contributed by atoms with Gasteiger partial charge in [0.1, 0.15) is 0 Å². The van der Waals surface area contributed by atoms with Crippen molar-refractivity contribution in [3.8, 4) is 0 Å².